The molecule has 0 heterocycles. The molecule has 0 saturated carbocycles. The molecule has 514 valence electrons. The molecule has 0 aliphatic rings. The number of carbonyl (C=O) groups excluding carboxylic acids is 2. The van der Waals surface area contributed by atoms with E-state index in [2.05, 4.69) is 55.6 Å². The van der Waals surface area contributed by atoms with Gasteiger partial charge in [0.25, 0.3) is 0 Å². The van der Waals surface area contributed by atoms with Crippen LogP contribution in [0.3, 0.4) is 0 Å². The number of aliphatic hydroxyl groups is 2. The van der Waals surface area contributed by atoms with Crippen molar-refractivity contribution in [3.63, 3.8) is 0 Å². The first-order valence-electron chi connectivity index (χ1n) is 39.7. The van der Waals surface area contributed by atoms with Gasteiger partial charge in [-0.15, -0.1) is 0 Å². The monoisotopic (exact) mass is 1220 g/mol. The van der Waals surface area contributed by atoms with Crippen LogP contribution in [0.4, 0.5) is 0 Å². The Labute approximate surface area is 544 Å². The fourth-order valence-electron chi connectivity index (χ4n) is 12.6. The van der Waals surface area contributed by atoms with E-state index in [1.807, 2.05) is 0 Å². The molecule has 0 rings (SSSR count). The summed E-state index contributed by atoms with van der Waals surface area (Å²) in [5.41, 5.74) is 0. The number of esters is 1. The minimum Gasteiger partial charge on any atom is -0.466 e. The Kier molecular flexibility index (Phi) is 74.8. The zero-order valence-electron chi connectivity index (χ0n) is 59.0. The van der Waals surface area contributed by atoms with Crippen molar-refractivity contribution in [3.05, 3.63) is 36.5 Å². The molecule has 87 heavy (non-hydrogen) atoms. The van der Waals surface area contributed by atoms with Gasteiger partial charge in [-0.3, -0.25) is 9.59 Å². The summed E-state index contributed by atoms with van der Waals surface area (Å²) in [7, 11) is 0. The molecule has 0 aromatic rings. The maximum absolute atomic E-state index is 12.6. The van der Waals surface area contributed by atoms with Gasteiger partial charge >= 0.3 is 5.97 Å². The Balaban J connectivity index is 3.37. The van der Waals surface area contributed by atoms with E-state index in [4.69, 9.17) is 4.74 Å². The Morgan fingerprint density at radius 2 is 0.575 bits per heavy atom. The van der Waals surface area contributed by atoms with Crippen LogP contribution in [0.5, 0.6) is 0 Å². The van der Waals surface area contributed by atoms with Gasteiger partial charge in [0.2, 0.25) is 5.91 Å². The predicted molar refractivity (Wildman–Crippen MR) is 384 cm³/mol. The average Bonchev–Trinajstić information content (AvgIpc) is 3.53. The van der Waals surface area contributed by atoms with Crippen LogP contribution in [0.1, 0.15) is 444 Å². The van der Waals surface area contributed by atoms with Gasteiger partial charge in [-0.05, 0) is 83.5 Å². The van der Waals surface area contributed by atoms with E-state index in [9.17, 15) is 19.8 Å². The topological polar surface area (TPSA) is 95.9 Å². The fraction of sp³-hybridized carbons (Fsp3) is 0.901. The molecule has 0 bridgehead atoms. The smallest absolute Gasteiger partial charge is 0.305 e. The molecule has 3 N–H and O–H groups in total. The number of aliphatic hydroxyl groups excluding tert-OH is 2. The van der Waals surface area contributed by atoms with Gasteiger partial charge in [-0.1, -0.05) is 384 Å². The Bertz CT molecular complexity index is 1410. The maximum Gasteiger partial charge on any atom is 0.305 e. The summed E-state index contributed by atoms with van der Waals surface area (Å²) in [5, 5.41) is 23.4. The van der Waals surface area contributed by atoms with Crippen molar-refractivity contribution in [2.45, 2.75) is 456 Å². The summed E-state index contributed by atoms with van der Waals surface area (Å²) in [6.07, 6.45) is 99.5. The Hall–Kier alpha value is -1.92. The summed E-state index contributed by atoms with van der Waals surface area (Å²) in [6, 6.07) is -0.541. The molecule has 0 fully saturated rings. The maximum atomic E-state index is 12.6. The second-order valence-corrected chi connectivity index (χ2v) is 27.4. The number of allylic oxidation sites excluding steroid dienone is 6. The molecule has 0 aliphatic heterocycles. The molecule has 2 unspecified atom stereocenters. The van der Waals surface area contributed by atoms with Crippen molar-refractivity contribution in [2.24, 2.45) is 0 Å². The van der Waals surface area contributed by atoms with Crippen LogP contribution in [0, 0.1) is 0 Å². The highest BCUT2D eigenvalue weighted by Crippen LogP contribution is 2.20. The molecular weight excluding hydrogens is 1070 g/mol. The minimum atomic E-state index is -0.664. The van der Waals surface area contributed by atoms with E-state index < -0.39 is 12.1 Å². The van der Waals surface area contributed by atoms with Crippen LogP contribution in [-0.4, -0.2) is 47.4 Å². The first-order chi connectivity index (χ1) is 43.0. The molecule has 2 atom stereocenters. The number of hydrogen-bond acceptors (Lipinski definition) is 5. The Morgan fingerprint density at radius 1 is 0.322 bits per heavy atom. The molecule has 0 aliphatic carbocycles. The summed E-state index contributed by atoms with van der Waals surface area (Å²) in [5.74, 6) is -0.0181. The van der Waals surface area contributed by atoms with E-state index in [1.165, 1.54) is 360 Å². The van der Waals surface area contributed by atoms with Crippen molar-refractivity contribution in [1.29, 1.82) is 0 Å². The molecule has 0 spiro atoms. The average molecular weight is 1220 g/mol. The van der Waals surface area contributed by atoms with Crippen molar-refractivity contribution in [1.82, 2.24) is 5.32 Å². The quantitative estimate of drug-likeness (QED) is 0.0320. The van der Waals surface area contributed by atoms with Crippen LogP contribution >= 0.6 is 0 Å². The summed E-state index contributed by atoms with van der Waals surface area (Å²) >= 11 is 0. The van der Waals surface area contributed by atoms with Gasteiger partial charge in [0.15, 0.2) is 0 Å². The number of carbonyl (C=O) groups is 2. The lowest BCUT2D eigenvalue weighted by molar-refractivity contribution is -0.143. The number of ether oxygens (including phenoxy) is 1. The van der Waals surface area contributed by atoms with Crippen molar-refractivity contribution >= 4 is 11.9 Å². The number of rotatable bonds is 75. The highest BCUT2D eigenvalue weighted by molar-refractivity contribution is 5.76. The second-order valence-electron chi connectivity index (χ2n) is 27.4. The molecule has 0 aromatic heterocycles. The number of amides is 1. The molecule has 0 aromatic carbocycles. The van der Waals surface area contributed by atoms with E-state index in [0.29, 0.717) is 25.9 Å². The molecule has 0 saturated heterocycles. The van der Waals surface area contributed by atoms with E-state index >= 15 is 0 Å². The van der Waals surface area contributed by atoms with Gasteiger partial charge in [0.1, 0.15) is 0 Å². The highest BCUT2D eigenvalue weighted by atomic mass is 16.5. The lowest BCUT2D eigenvalue weighted by Gasteiger charge is -2.22. The van der Waals surface area contributed by atoms with Gasteiger partial charge in [0.05, 0.1) is 25.4 Å². The second kappa shape index (κ2) is 76.5. The normalized spacial score (nSPS) is 12.6. The third-order valence-corrected chi connectivity index (χ3v) is 18.7. The summed E-state index contributed by atoms with van der Waals surface area (Å²) < 4.78 is 5.50. The van der Waals surface area contributed by atoms with E-state index in [1.54, 1.807) is 0 Å². The van der Waals surface area contributed by atoms with Crippen molar-refractivity contribution in [2.75, 3.05) is 13.2 Å². The van der Waals surface area contributed by atoms with Crippen molar-refractivity contribution in [3.8, 4) is 0 Å². The third-order valence-electron chi connectivity index (χ3n) is 18.7. The lowest BCUT2D eigenvalue weighted by Crippen LogP contribution is -2.45. The zero-order valence-corrected chi connectivity index (χ0v) is 59.0. The van der Waals surface area contributed by atoms with Crippen molar-refractivity contribution < 1.29 is 24.5 Å². The van der Waals surface area contributed by atoms with Crippen LogP contribution < -0.4 is 5.32 Å². The minimum absolute atomic E-state index is 0.0101. The van der Waals surface area contributed by atoms with Crippen LogP contribution in [0.15, 0.2) is 36.5 Å². The lowest BCUT2D eigenvalue weighted by atomic mass is 10.0. The van der Waals surface area contributed by atoms with E-state index in [0.717, 1.165) is 51.4 Å². The molecule has 1 amide bonds. The Morgan fingerprint density at radius 3 is 0.885 bits per heavy atom. The molecule has 0 radical (unpaired) electrons. The standard InChI is InChI=1S/C81H155NO5/c1-3-5-7-9-11-13-15-17-19-21-39-42-45-49-53-57-61-65-69-73-79(84)78(77-83)82-80(85)74-70-66-62-58-54-50-46-43-40-37-35-33-31-29-27-25-23-22-24-26-28-30-32-34-36-38-41-44-48-52-56-60-64-68-72-76-87-81(86)75-71-67-63-59-55-51-47-20-18-16-14-12-10-8-6-4-2/h20,24,26,30,32,47,78-79,83-84H,3-19,21-23,25,27-29,31,33-46,48-77H2,1-2H3,(H,82,85)/b26-24-,32-30-,47-20-. The fourth-order valence-corrected chi connectivity index (χ4v) is 12.6. The largest absolute Gasteiger partial charge is 0.466 e. The number of unbranched alkanes of at least 4 members (excludes halogenated alkanes) is 58. The van der Waals surface area contributed by atoms with Crippen LogP contribution in [-0.2, 0) is 14.3 Å². The van der Waals surface area contributed by atoms with Gasteiger partial charge in [0, 0.05) is 12.8 Å². The SMILES string of the molecule is CCCCCCCCC/C=C\CCCCCCCC(=O)OCCCCCCCCCCCCC/C=C\C/C=C\CCCCCCCCCCCCCCCCCCCC(=O)NC(CO)C(O)CCCCCCCCCCCCCCCCCCCCC. The van der Waals surface area contributed by atoms with E-state index in [-0.39, 0.29) is 18.5 Å². The predicted octanol–water partition coefficient (Wildman–Crippen LogP) is 26.2. The van der Waals surface area contributed by atoms with Gasteiger partial charge < -0.3 is 20.3 Å². The number of hydrogen-bond donors (Lipinski definition) is 3. The summed E-state index contributed by atoms with van der Waals surface area (Å²) in [4.78, 5) is 24.6. The first-order valence-corrected chi connectivity index (χ1v) is 39.7. The first kappa shape index (κ1) is 85.1. The molecule has 6 nitrogen and oxygen atoms in total. The molecule has 6 heteroatoms. The van der Waals surface area contributed by atoms with Gasteiger partial charge in [-0.25, -0.2) is 0 Å². The highest BCUT2D eigenvalue weighted by Gasteiger charge is 2.20. The van der Waals surface area contributed by atoms with Crippen LogP contribution in [0.25, 0.3) is 0 Å². The zero-order chi connectivity index (χ0) is 62.8. The third kappa shape index (κ3) is 73.0. The molecular formula is C81H155NO5. The summed E-state index contributed by atoms with van der Waals surface area (Å²) in [6.45, 7) is 4.99. The van der Waals surface area contributed by atoms with Gasteiger partial charge in [-0.2, -0.15) is 0 Å². The van der Waals surface area contributed by atoms with Crippen LogP contribution in [0.2, 0.25) is 0 Å². The number of nitrogens with one attached hydrogen (secondary N) is 1.